The number of nitrogens with zero attached hydrogens (tertiary/aromatic N) is 1. The Labute approximate surface area is 133 Å². The lowest BCUT2D eigenvalue weighted by Crippen LogP contribution is -2.47. The van der Waals surface area contributed by atoms with Gasteiger partial charge in [0, 0.05) is 24.1 Å². The molecule has 1 amide bonds. The molecule has 1 aliphatic heterocycles. The SMILES string of the molecule is CCN1CCOC(CNC(=O)c2ccc(Br)cc2OC)C1. The van der Waals surface area contributed by atoms with Gasteiger partial charge >= 0.3 is 0 Å². The first-order valence-corrected chi connectivity index (χ1v) is 7.89. The van der Waals surface area contributed by atoms with E-state index in [0.717, 1.165) is 30.7 Å². The van der Waals surface area contributed by atoms with Crippen molar-refractivity contribution < 1.29 is 14.3 Å². The van der Waals surface area contributed by atoms with Gasteiger partial charge in [-0.05, 0) is 24.7 Å². The Morgan fingerprint density at radius 3 is 3.10 bits per heavy atom. The molecule has 0 saturated carbocycles. The normalized spacial score (nSPS) is 19.3. The van der Waals surface area contributed by atoms with Gasteiger partial charge in [-0.25, -0.2) is 0 Å². The molecule has 0 spiro atoms. The van der Waals surface area contributed by atoms with Gasteiger partial charge in [-0.3, -0.25) is 9.69 Å². The molecule has 5 nitrogen and oxygen atoms in total. The Hall–Kier alpha value is -1.11. The number of nitrogens with one attached hydrogen (secondary N) is 1. The first-order chi connectivity index (χ1) is 10.1. The zero-order valence-electron chi connectivity index (χ0n) is 12.4. The van der Waals surface area contributed by atoms with E-state index in [1.165, 1.54) is 0 Å². The van der Waals surface area contributed by atoms with Gasteiger partial charge < -0.3 is 14.8 Å². The van der Waals surface area contributed by atoms with E-state index < -0.39 is 0 Å². The standard InChI is InChI=1S/C15H21BrN2O3/c1-3-18-6-7-21-12(10-18)9-17-15(19)13-5-4-11(16)8-14(13)20-2/h4-5,8,12H,3,6-7,9-10H2,1-2H3,(H,17,19). The number of carbonyl (C=O) groups excluding carboxylic acids is 1. The fraction of sp³-hybridized carbons (Fsp3) is 0.533. The van der Waals surface area contributed by atoms with Gasteiger partial charge in [0.05, 0.1) is 25.4 Å². The van der Waals surface area contributed by atoms with Gasteiger partial charge in [-0.1, -0.05) is 22.9 Å². The Morgan fingerprint density at radius 1 is 1.57 bits per heavy atom. The topological polar surface area (TPSA) is 50.8 Å². The summed E-state index contributed by atoms with van der Waals surface area (Å²) in [5.41, 5.74) is 0.531. The minimum absolute atomic E-state index is 0.0455. The van der Waals surface area contributed by atoms with Crippen molar-refractivity contribution in [3.05, 3.63) is 28.2 Å². The Kier molecular flexibility index (Phi) is 6.02. The minimum Gasteiger partial charge on any atom is -0.496 e. The number of hydrogen-bond donors (Lipinski definition) is 1. The molecule has 21 heavy (non-hydrogen) atoms. The highest BCUT2D eigenvalue weighted by Crippen LogP contribution is 2.23. The summed E-state index contributed by atoms with van der Waals surface area (Å²) in [6.07, 6.45) is 0.0455. The number of likely N-dealkylation sites (N-methyl/N-ethyl adjacent to an activating group) is 1. The first-order valence-electron chi connectivity index (χ1n) is 7.09. The molecular formula is C15H21BrN2O3. The van der Waals surface area contributed by atoms with E-state index in [2.05, 4.69) is 33.1 Å². The average Bonchev–Trinajstić information content (AvgIpc) is 2.52. The van der Waals surface area contributed by atoms with E-state index in [1.807, 2.05) is 6.07 Å². The highest BCUT2D eigenvalue weighted by atomic mass is 79.9. The number of ether oxygens (including phenoxy) is 2. The quantitative estimate of drug-likeness (QED) is 0.875. The lowest BCUT2D eigenvalue weighted by atomic mass is 10.2. The average molecular weight is 357 g/mol. The molecule has 1 atom stereocenters. The molecule has 0 aliphatic carbocycles. The van der Waals surface area contributed by atoms with Crippen LogP contribution in [0.4, 0.5) is 0 Å². The van der Waals surface area contributed by atoms with Crippen molar-refractivity contribution in [1.82, 2.24) is 10.2 Å². The molecule has 6 heteroatoms. The lowest BCUT2D eigenvalue weighted by molar-refractivity contribution is -0.0246. The molecule has 1 heterocycles. The van der Waals surface area contributed by atoms with Crippen LogP contribution < -0.4 is 10.1 Å². The zero-order valence-corrected chi connectivity index (χ0v) is 14.0. The summed E-state index contributed by atoms with van der Waals surface area (Å²) in [7, 11) is 1.56. The highest BCUT2D eigenvalue weighted by molar-refractivity contribution is 9.10. The molecule has 0 radical (unpaired) electrons. The smallest absolute Gasteiger partial charge is 0.255 e. The summed E-state index contributed by atoms with van der Waals surface area (Å²) in [5.74, 6) is 0.415. The molecule has 0 bridgehead atoms. The molecule has 1 fully saturated rings. The predicted octanol–water partition coefficient (Wildman–Crippen LogP) is 1.91. The minimum atomic E-state index is -0.142. The monoisotopic (exact) mass is 356 g/mol. The third-order valence-electron chi connectivity index (χ3n) is 3.57. The van der Waals surface area contributed by atoms with Gasteiger partial charge in [-0.15, -0.1) is 0 Å². The third-order valence-corrected chi connectivity index (χ3v) is 4.06. The van der Waals surface area contributed by atoms with Crippen LogP contribution in [0.15, 0.2) is 22.7 Å². The number of rotatable bonds is 5. The van der Waals surface area contributed by atoms with Crippen molar-refractivity contribution in [3.8, 4) is 5.75 Å². The Morgan fingerprint density at radius 2 is 2.38 bits per heavy atom. The van der Waals surface area contributed by atoms with Crippen LogP contribution in [0.25, 0.3) is 0 Å². The van der Waals surface area contributed by atoms with Crippen LogP contribution in [-0.4, -0.2) is 56.8 Å². The van der Waals surface area contributed by atoms with Gasteiger partial charge in [0.15, 0.2) is 0 Å². The van der Waals surface area contributed by atoms with Gasteiger partial charge in [-0.2, -0.15) is 0 Å². The van der Waals surface area contributed by atoms with Crippen molar-refractivity contribution in [1.29, 1.82) is 0 Å². The molecule has 2 rings (SSSR count). The van der Waals surface area contributed by atoms with E-state index in [1.54, 1.807) is 19.2 Å². The van der Waals surface area contributed by atoms with E-state index in [0.29, 0.717) is 17.9 Å². The van der Waals surface area contributed by atoms with Crippen molar-refractivity contribution >= 4 is 21.8 Å². The number of carbonyl (C=O) groups is 1. The second-order valence-electron chi connectivity index (χ2n) is 4.94. The maximum absolute atomic E-state index is 12.3. The first kappa shape index (κ1) is 16.3. The zero-order chi connectivity index (χ0) is 15.2. The van der Waals surface area contributed by atoms with Crippen LogP contribution in [0.2, 0.25) is 0 Å². The Bertz CT molecular complexity index is 496. The van der Waals surface area contributed by atoms with E-state index in [-0.39, 0.29) is 12.0 Å². The lowest BCUT2D eigenvalue weighted by Gasteiger charge is -2.32. The molecule has 1 unspecified atom stereocenters. The molecule has 1 aromatic carbocycles. The number of hydrogen-bond acceptors (Lipinski definition) is 4. The molecule has 1 saturated heterocycles. The van der Waals surface area contributed by atoms with Gasteiger partial charge in [0.1, 0.15) is 5.75 Å². The van der Waals surface area contributed by atoms with Crippen molar-refractivity contribution in [3.63, 3.8) is 0 Å². The van der Waals surface area contributed by atoms with Crippen molar-refractivity contribution in [2.45, 2.75) is 13.0 Å². The Balaban J connectivity index is 1.92. The van der Waals surface area contributed by atoms with Gasteiger partial charge in [0.25, 0.3) is 5.91 Å². The van der Waals surface area contributed by atoms with E-state index in [9.17, 15) is 4.79 Å². The number of halogens is 1. The van der Waals surface area contributed by atoms with E-state index in [4.69, 9.17) is 9.47 Å². The van der Waals surface area contributed by atoms with Crippen LogP contribution >= 0.6 is 15.9 Å². The fourth-order valence-corrected chi connectivity index (χ4v) is 2.69. The molecule has 1 aromatic rings. The molecule has 1 N–H and O–H groups in total. The second-order valence-corrected chi connectivity index (χ2v) is 5.86. The number of benzene rings is 1. The summed E-state index contributed by atoms with van der Waals surface area (Å²) in [6.45, 7) is 6.18. The summed E-state index contributed by atoms with van der Waals surface area (Å²) < 4.78 is 11.8. The van der Waals surface area contributed by atoms with Gasteiger partial charge in [0.2, 0.25) is 0 Å². The molecule has 116 valence electrons. The summed E-state index contributed by atoms with van der Waals surface area (Å²) >= 11 is 3.37. The second kappa shape index (κ2) is 7.77. The van der Waals surface area contributed by atoms with Crippen LogP contribution in [0, 0.1) is 0 Å². The van der Waals surface area contributed by atoms with Crippen molar-refractivity contribution in [2.75, 3.05) is 39.9 Å². The van der Waals surface area contributed by atoms with E-state index >= 15 is 0 Å². The van der Waals surface area contributed by atoms with Crippen LogP contribution in [0.1, 0.15) is 17.3 Å². The summed E-state index contributed by atoms with van der Waals surface area (Å²) in [5, 5.41) is 2.92. The summed E-state index contributed by atoms with van der Waals surface area (Å²) in [4.78, 5) is 14.6. The molecular weight excluding hydrogens is 336 g/mol. The van der Waals surface area contributed by atoms with Crippen LogP contribution in [-0.2, 0) is 4.74 Å². The maximum Gasteiger partial charge on any atom is 0.255 e. The number of morpholine rings is 1. The number of methoxy groups -OCH3 is 1. The maximum atomic E-state index is 12.3. The van der Waals surface area contributed by atoms with Crippen molar-refractivity contribution in [2.24, 2.45) is 0 Å². The predicted molar refractivity (Wildman–Crippen MR) is 84.9 cm³/mol. The third kappa shape index (κ3) is 4.43. The summed E-state index contributed by atoms with van der Waals surface area (Å²) in [6, 6.07) is 5.36. The van der Waals surface area contributed by atoms with Crippen LogP contribution in [0.3, 0.4) is 0 Å². The molecule has 1 aliphatic rings. The number of amides is 1. The largest absolute Gasteiger partial charge is 0.496 e. The van der Waals surface area contributed by atoms with Crippen LogP contribution in [0.5, 0.6) is 5.75 Å². The molecule has 0 aromatic heterocycles. The highest BCUT2D eigenvalue weighted by Gasteiger charge is 2.20. The fourth-order valence-electron chi connectivity index (χ4n) is 2.35.